The van der Waals surface area contributed by atoms with Crippen LogP contribution in [0.15, 0.2) is 12.1 Å². The molecular formula is C11H10F2O. The van der Waals surface area contributed by atoms with Crippen molar-refractivity contribution >= 4 is 5.78 Å². The van der Waals surface area contributed by atoms with Crippen molar-refractivity contribution in [1.82, 2.24) is 0 Å². The minimum atomic E-state index is -0.939. The van der Waals surface area contributed by atoms with Crippen LogP contribution >= 0.6 is 0 Å². The van der Waals surface area contributed by atoms with Crippen LogP contribution in [0.4, 0.5) is 8.78 Å². The van der Waals surface area contributed by atoms with Gasteiger partial charge in [-0.2, -0.15) is 0 Å². The van der Waals surface area contributed by atoms with E-state index in [1.54, 1.807) is 0 Å². The number of Topliss-reactive ketones (excluding diaryl/α,β-unsaturated/α-hetero) is 1. The number of hydrogen-bond acceptors (Lipinski definition) is 1. The van der Waals surface area contributed by atoms with E-state index in [2.05, 4.69) is 0 Å². The summed E-state index contributed by atoms with van der Waals surface area (Å²) in [5, 5.41) is 0. The number of carbonyl (C=O) groups excluding carboxylic acids is 1. The van der Waals surface area contributed by atoms with Gasteiger partial charge in [-0.3, -0.25) is 4.79 Å². The van der Waals surface area contributed by atoms with Gasteiger partial charge in [0.05, 0.1) is 0 Å². The first kappa shape index (κ1) is 9.31. The van der Waals surface area contributed by atoms with Crippen molar-refractivity contribution in [1.29, 1.82) is 0 Å². The van der Waals surface area contributed by atoms with Crippen molar-refractivity contribution in [2.24, 2.45) is 0 Å². The number of carbonyl (C=O) groups is 1. The van der Waals surface area contributed by atoms with Gasteiger partial charge in [0.2, 0.25) is 0 Å². The summed E-state index contributed by atoms with van der Waals surface area (Å²) < 4.78 is 25.8. The summed E-state index contributed by atoms with van der Waals surface area (Å²) >= 11 is 0. The Hall–Kier alpha value is -1.25. The second-order valence-corrected chi connectivity index (χ2v) is 3.72. The summed E-state index contributed by atoms with van der Waals surface area (Å²) in [4.78, 5) is 11.4. The maximum absolute atomic E-state index is 12.9. The lowest BCUT2D eigenvalue weighted by Gasteiger charge is -2.21. The minimum Gasteiger partial charge on any atom is -0.294 e. The summed E-state index contributed by atoms with van der Waals surface area (Å²) in [5.74, 6) is -1.76. The fourth-order valence-electron chi connectivity index (χ4n) is 1.85. The molecule has 0 bridgehead atoms. The normalized spacial score (nSPS) is 20.8. The van der Waals surface area contributed by atoms with E-state index in [1.165, 1.54) is 0 Å². The van der Waals surface area contributed by atoms with Gasteiger partial charge < -0.3 is 0 Å². The number of ketones is 1. The maximum atomic E-state index is 12.9. The van der Waals surface area contributed by atoms with E-state index in [-0.39, 0.29) is 11.7 Å². The first-order valence-electron chi connectivity index (χ1n) is 4.61. The van der Waals surface area contributed by atoms with Crippen molar-refractivity contribution in [3.05, 3.63) is 34.9 Å². The molecule has 0 fully saturated rings. The highest BCUT2D eigenvalue weighted by Gasteiger charge is 2.24. The Morgan fingerprint density at radius 2 is 1.93 bits per heavy atom. The molecule has 3 heteroatoms. The van der Waals surface area contributed by atoms with E-state index in [1.807, 2.05) is 6.92 Å². The fraction of sp³-hybridized carbons (Fsp3) is 0.364. The third kappa shape index (κ3) is 1.33. The highest BCUT2D eigenvalue weighted by Crippen LogP contribution is 2.32. The molecule has 1 nitrogen and oxygen atoms in total. The van der Waals surface area contributed by atoms with Crippen LogP contribution in [0.1, 0.15) is 41.6 Å². The van der Waals surface area contributed by atoms with E-state index in [9.17, 15) is 13.6 Å². The molecule has 0 aromatic heterocycles. The zero-order chi connectivity index (χ0) is 10.3. The number of hydrogen-bond donors (Lipinski definition) is 0. The summed E-state index contributed by atoms with van der Waals surface area (Å²) in [5.41, 5.74) is 0.989. The molecule has 0 heterocycles. The van der Waals surface area contributed by atoms with E-state index in [4.69, 9.17) is 0 Å². The molecular weight excluding hydrogens is 186 g/mol. The quantitative estimate of drug-likeness (QED) is 0.623. The number of halogens is 2. The van der Waals surface area contributed by atoms with Gasteiger partial charge in [-0.25, -0.2) is 8.78 Å². The SMILES string of the molecule is CC1CCC(=O)c2cc(F)c(F)cc21. The van der Waals surface area contributed by atoms with Gasteiger partial charge in [-0.15, -0.1) is 0 Å². The molecule has 1 aliphatic carbocycles. The predicted octanol–water partition coefficient (Wildman–Crippen LogP) is 3.04. The van der Waals surface area contributed by atoms with Gasteiger partial charge in [0.25, 0.3) is 0 Å². The van der Waals surface area contributed by atoms with Gasteiger partial charge in [-0.05, 0) is 30.0 Å². The molecule has 74 valence electrons. The van der Waals surface area contributed by atoms with Crippen LogP contribution in [0.3, 0.4) is 0 Å². The van der Waals surface area contributed by atoms with E-state index in [0.29, 0.717) is 17.5 Å². The van der Waals surface area contributed by atoms with Gasteiger partial charge in [0, 0.05) is 12.0 Å². The molecule has 0 N–H and O–H groups in total. The molecule has 0 saturated carbocycles. The smallest absolute Gasteiger partial charge is 0.163 e. The summed E-state index contributed by atoms with van der Waals surface area (Å²) in [6, 6.07) is 2.16. The average Bonchev–Trinajstić information content (AvgIpc) is 2.15. The highest BCUT2D eigenvalue weighted by molar-refractivity contribution is 5.98. The van der Waals surface area contributed by atoms with E-state index < -0.39 is 11.6 Å². The molecule has 2 rings (SSSR count). The lowest BCUT2D eigenvalue weighted by atomic mass is 9.83. The van der Waals surface area contributed by atoms with Gasteiger partial charge in [0.15, 0.2) is 17.4 Å². The van der Waals surface area contributed by atoms with Crippen molar-refractivity contribution in [2.75, 3.05) is 0 Å². The maximum Gasteiger partial charge on any atom is 0.163 e. The van der Waals surface area contributed by atoms with Crippen LogP contribution in [0, 0.1) is 11.6 Å². The molecule has 1 unspecified atom stereocenters. The summed E-state index contributed by atoms with van der Waals surface area (Å²) in [6.45, 7) is 1.92. The monoisotopic (exact) mass is 196 g/mol. The minimum absolute atomic E-state index is 0.0861. The second-order valence-electron chi connectivity index (χ2n) is 3.72. The topological polar surface area (TPSA) is 17.1 Å². The molecule has 14 heavy (non-hydrogen) atoms. The van der Waals surface area contributed by atoms with Gasteiger partial charge in [-0.1, -0.05) is 6.92 Å². The van der Waals surface area contributed by atoms with Crippen LogP contribution in [0.2, 0.25) is 0 Å². The molecule has 0 radical (unpaired) electrons. The zero-order valence-electron chi connectivity index (χ0n) is 7.81. The first-order chi connectivity index (χ1) is 6.59. The Bertz CT molecular complexity index is 399. The first-order valence-corrected chi connectivity index (χ1v) is 4.61. The number of benzene rings is 1. The van der Waals surface area contributed by atoms with Crippen LogP contribution in [-0.2, 0) is 0 Å². The van der Waals surface area contributed by atoms with Gasteiger partial charge in [0.1, 0.15) is 0 Å². The third-order valence-corrected chi connectivity index (χ3v) is 2.73. The molecule has 1 aromatic carbocycles. The lowest BCUT2D eigenvalue weighted by Crippen LogP contribution is -2.14. The van der Waals surface area contributed by atoms with Gasteiger partial charge >= 0.3 is 0 Å². The Balaban J connectivity index is 2.62. The van der Waals surface area contributed by atoms with Crippen molar-refractivity contribution in [3.8, 4) is 0 Å². The Kier molecular flexibility index (Phi) is 2.10. The summed E-state index contributed by atoms with van der Waals surface area (Å²) in [6.07, 6.45) is 1.15. The molecule has 1 aliphatic rings. The third-order valence-electron chi connectivity index (χ3n) is 2.73. The molecule has 1 aromatic rings. The van der Waals surface area contributed by atoms with Crippen LogP contribution in [-0.4, -0.2) is 5.78 Å². The molecule has 0 saturated heterocycles. The zero-order valence-corrected chi connectivity index (χ0v) is 7.81. The highest BCUT2D eigenvalue weighted by atomic mass is 19.2. The molecule has 0 spiro atoms. The second kappa shape index (κ2) is 3.15. The standard InChI is InChI=1S/C11H10F2O/c1-6-2-3-11(14)8-5-10(13)9(12)4-7(6)8/h4-6H,2-3H2,1H3. The average molecular weight is 196 g/mol. The van der Waals surface area contributed by atoms with E-state index in [0.717, 1.165) is 18.6 Å². The molecule has 0 amide bonds. The fourth-order valence-corrected chi connectivity index (χ4v) is 1.85. The lowest BCUT2D eigenvalue weighted by molar-refractivity contribution is 0.0967. The Labute approximate surface area is 80.7 Å². The largest absolute Gasteiger partial charge is 0.294 e. The number of rotatable bonds is 0. The molecule has 1 atom stereocenters. The van der Waals surface area contributed by atoms with Crippen molar-refractivity contribution in [2.45, 2.75) is 25.7 Å². The Morgan fingerprint density at radius 3 is 2.64 bits per heavy atom. The summed E-state index contributed by atoms with van der Waals surface area (Å²) in [7, 11) is 0. The van der Waals surface area contributed by atoms with Crippen molar-refractivity contribution < 1.29 is 13.6 Å². The van der Waals surface area contributed by atoms with Crippen LogP contribution in [0.5, 0.6) is 0 Å². The van der Waals surface area contributed by atoms with Crippen molar-refractivity contribution in [3.63, 3.8) is 0 Å². The number of fused-ring (bicyclic) bond motifs is 1. The Morgan fingerprint density at radius 1 is 1.29 bits per heavy atom. The van der Waals surface area contributed by atoms with Crippen LogP contribution < -0.4 is 0 Å². The molecule has 0 aliphatic heterocycles. The van der Waals surface area contributed by atoms with E-state index >= 15 is 0 Å². The van der Waals surface area contributed by atoms with Crippen LogP contribution in [0.25, 0.3) is 0 Å². The predicted molar refractivity (Wildman–Crippen MR) is 48.3 cm³/mol.